The van der Waals surface area contributed by atoms with Gasteiger partial charge in [0.25, 0.3) is 0 Å². The fourth-order valence-corrected chi connectivity index (χ4v) is 3.23. The Morgan fingerprint density at radius 3 is 2.55 bits per heavy atom. The number of carbonyl (C=O) groups is 1. The molecule has 1 fully saturated rings. The lowest BCUT2D eigenvalue weighted by Gasteiger charge is -2.28. The Labute approximate surface area is 136 Å². The molecule has 0 spiro atoms. The van der Waals surface area contributed by atoms with Crippen molar-refractivity contribution in [3.8, 4) is 0 Å². The molecule has 0 aromatic heterocycles. The van der Waals surface area contributed by atoms with Gasteiger partial charge < -0.3 is 15.2 Å². The van der Waals surface area contributed by atoms with Crippen molar-refractivity contribution in [2.75, 3.05) is 26.4 Å². The molecule has 1 amide bonds. The monoisotopic (exact) mass is 325 g/mol. The minimum atomic E-state index is -0.406. The highest BCUT2D eigenvalue weighted by molar-refractivity contribution is 6.30. The van der Waals surface area contributed by atoms with Gasteiger partial charge in [0.2, 0.25) is 5.91 Å². The molecular weight excluding hydrogens is 302 g/mol. The molecule has 5 heteroatoms. The van der Waals surface area contributed by atoms with E-state index in [-0.39, 0.29) is 12.5 Å². The van der Waals surface area contributed by atoms with Crippen LogP contribution in [0.25, 0.3) is 0 Å². The van der Waals surface area contributed by atoms with E-state index >= 15 is 0 Å². The summed E-state index contributed by atoms with van der Waals surface area (Å²) < 4.78 is 5.20. The minimum absolute atomic E-state index is 0.0338. The van der Waals surface area contributed by atoms with Crippen LogP contribution in [0.1, 0.15) is 37.7 Å². The SMILES string of the molecule is O=C(NCCCOCCO)C1(c2ccc(Cl)cc2)CCCC1. The summed E-state index contributed by atoms with van der Waals surface area (Å²) in [5, 5.41) is 12.4. The lowest BCUT2D eigenvalue weighted by atomic mass is 9.78. The topological polar surface area (TPSA) is 58.6 Å². The lowest BCUT2D eigenvalue weighted by molar-refractivity contribution is -0.126. The Bertz CT molecular complexity index is 469. The molecular formula is C17H24ClNO3. The quantitative estimate of drug-likeness (QED) is 0.722. The fourth-order valence-electron chi connectivity index (χ4n) is 3.11. The van der Waals surface area contributed by atoms with Crippen LogP contribution in [-0.2, 0) is 14.9 Å². The van der Waals surface area contributed by atoms with Crippen molar-refractivity contribution in [1.29, 1.82) is 0 Å². The van der Waals surface area contributed by atoms with E-state index in [1.807, 2.05) is 24.3 Å². The molecule has 0 heterocycles. The maximum Gasteiger partial charge on any atom is 0.230 e. The van der Waals surface area contributed by atoms with E-state index in [1.54, 1.807) is 0 Å². The summed E-state index contributed by atoms with van der Waals surface area (Å²) in [6.45, 7) is 1.53. The van der Waals surface area contributed by atoms with Crippen molar-refractivity contribution < 1.29 is 14.6 Å². The Balaban J connectivity index is 1.93. The molecule has 1 aromatic carbocycles. The van der Waals surface area contributed by atoms with Gasteiger partial charge >= 0.3 is 0 Å². The van der Waals surface area contributed by atoms with Gasteiger partial charge in [-0.3, -0.25) is 4.79 Å². The van der Waals surface area contributed by atoms with E-state index in [0.29, 0.717) is 24.8 Å². The zero-order valence-electron chi connectivity index (χ0n) is 12.8. The van der Waals surface area contributed by atoms with Crippen molar-refractivity contribution in [1.82, 2.24) is 5.32 Å². The second-order valence-corrected chi connectivity index (χ2v) is 6.18. The van der Waals surface area contributed by atoms with Gasteiger partial charge in [-0.05, 0) is 37.0 Å². The van der Waals surface area contributed by atoms with Crippen molar-refractivity contribution in [2.24, 2.45) is 0 Å². The highest BCUT2D eigenvalue weighted by atomic mass is 35.5. The maximum absolute atomic E-state index is 12.7. The first kappa shape index (κ1) is 17.3. The van der Waals surface area contributed by atoms with Crippen LogP contribution in [0.15, 0.2) is 24.3 Å². The molecule has 2 rings (SSSR count). The Hall–Kier alpha value is -1.10. The Morgan fingerprint density at radius 2 is 1.91 bits per heavy atom. The smallest absolute Gasteiger partial charge is 0.230 e. The molecule has 122 valence electrons. The van der Waals surface area contributed by atoms with Crippen LogP contribution in [0, 0.1) is 0 Å². The van der Waals surface area contributed by atoms with Crippen LogP contribution < -0.4 is 5.32 Å². The average Bonchev–Trinajstić information content (AvgIpc) is 3.02. The molecule has 0 aliphatic heterocycles. The number of halogens is 1. The third kappa shape index (κ3) is 4.22. The summed E-state index contributed by atoms with van der Waals surface area (Å²) in [6.07, 6.45) is 4.69. The predicted molar refractivity (Wildman–Crippen MR) is 87.1 cm³/mol. The van der Waals surface area contributed by atoms with E-state index in [2.05, 4.69) is 5.32 Å². The van der Waals surface area contributed by atoms with Crippen LogP contribution in [0.3, 0.4) is 0 Å². The molecule has 1 aromatic rings. The summed E-state index contributed by atoms with van der Waals surface area (Å²) in [5.74, 6) is 0.106. The first-order valence-electron chi connectivity index (χ1n) is 7.92. The first-order chi connectivity index (χ1) is 10.7. The third-order valence-corrected chi connectivity index (χ3v) is 4.53. The zero-order chi connectivity index (χ0) is 15.8. The van der Waals surface area contributed by atoms with E-state index < -0.39 is 5.41 Å². The predicted octanol–water partition coefficient (Wildman–Crippen LogP) is 2.67. The molecule has 2 N–H and O–H groups in total. The second kappa shape index (κ2) is 8.51. The second-order valence-electron chi connectivity index (χ2n) is 5.74. The Morgan fingerprint density at radius 1 is 1.23 bits per heavy atom. The van der Waals surface area contributed by atoms with Gasteiger partial charge in [0.15, 0.2) is 0 Å². The average molecular weight is 326 g/mol. The summed E-state index contributed by atoms with van der Waals surface area (Å²) in [4.78, 5) is 12.7. The van der Waals surface area contributed by atoms with Crippen molar-refractivity contribution in [3.05, 3.63) is 34.9 Å². The number of aliphatic hydroxyl groups excluding tert-OH is 1. The van der Waals surface area contributed by atoms with E-state index in [0.717, 1.165) is 37.7 Å². The molecule has 22 heavy (non-hydrogen) atoms. The minimum Gasteiger partial charge on any atom is -0.394 e. The highest BCUT2D eigenvalue weighted by Crippen LogP contribution is 2.41. The summed E-state index contributed by atoms with van der Waals surface area (Å²) in [6, 6.07) is 7.65. The number of ether oxygens (including phenoxy) is 1. The zero-order valence-corrected chi connectivity index (χ0v) is 13.6. The van der Waals surface area contributed by atoms with Gasteiger partial charge in [0, 0.05) is 18.2 Å². The van der Waals surface area contributed by atoms with Crippen molar-refractivity contribution >= 4 is 17.5 Å². The molecule has 0 atom stereocenters. The Kier molecular flexibility index (Phi) is 6.68. The van der Waals surface area contributed by atoms with Gasteiger partial charge in [0.1, 0.15) is 0 Å². The lowest BCUT2D eigenvalue weighted by Crippen LogP contribution is -2.43. The number of aliphatic hydroxyl groups is 1. The molecule has 0 saturated heterocycles. The maximum atomic E-state index is 12.7. The number of nitrogens with one attached hydrogen (secondary N) is 1. The van der Waals surface area contributed by atoms with Crippen LogP contribution in [0.4, 0.5) is 0 Å². The van der Waals surface area contributed by atoms with Gasteiger partial charge in [-0.1, -0.05) is 36.6 Å². The van der Waals surface area contributed by atoms with Gasteiger partial charge in [-0.15, -0.1) is 0 Å². The van der Waals surface area contributed by atoms with Crippen LogP contribution >= 0.6 is 11.6 Å². The third-order valence-electron chi connectivity index (χ3n) is 4.28. The number of rotatable bonds is 8. The van der Waals surface area contributed by atoms with Crippen molar-refractivity contribution in [3.63, 3.8) is 0 Å². The van der Waals surface area contributed by atoms with E-state index in [4.69, 9.17) is 21.4 Å². The number of amides is 1. The molecule has 0 radical (unpaired) electrons. The number of benzene rings is 1. The summed E-state index contributed by atoms with van der Waals surface area (Å²) in [7, 11) is 0. The molecule has 1 aliphatic carbocycles. The largest absolute Gasteiger partial charge is 0.394 e. The normalized spacial score (nSPS) is 16.6. The van der Waals surface area contributed by atoms with Crippen LogP contribution in [-0.4, -0.2) is 37.4 Å². The standard InChI is InChI=1S/C17H24ClNO3/c18-15-6-4-14(5-7-15)17(8-1-2-9-17)16(21)19-10-3-12-22-13-11-20/h4-7,20H,1-3,8-13H2,(H,19,21). The number of hydrogen-bond donors (Lipinski definition) is 2. The first-order valence-corrected chi connectivity index (χ1v) is 8.30. The molecule has 0 unspecified atom stereocenters. The molecule has 4 nitrogen and oxygen atoms in total. The summed E-state index contributed by atoms with van der Waals surface area (Å²) >= 11 is 5.96. The fraction of sp³-hybridized carbons (Fsp3) is 0.588. The van der Waals surface area contributed by atoms with Crippen LogP contribution in [0.2, 0.25) is 5.02 Å². The van der Waals surface area contributed by atoms with Gasteiger partial charge in [-0.2, -0.15) is 0 Å². The van der Waals surface area contributed by atoms with E-state index in [1.165, 1.54) is 0 Å². The number of hydrogen-bond acceptors (Lipinski definition) is 3. The van der Waals surface area contributed by atoms with E-state index in [9.17, 15) is 4.79 Å². The number of carbonyl (C=O) groups excluding carboxylic acids is 1. The highest BCUT2D eigenvalue weighted by Gasteiger charge is 2.42. The molecule has 0 bridgehead atoms. The summed E-state index contributed by atoms with van der Waals surface area (Å²) in [5.41, 5.74) is 0.653. The van der Waals surface area contributed by atoms with Crippen LogP contribution in [0.5, 0.6) is 0 Å². The molecule has 1 aliphatic rings. The van der Waals surface area contributed by atoms with Crippen molar-refractivity contribution in [2.45, 2.75) is 37.5 Å². The molecule has 1 saturated carbocycles. The van der Waals surface area contributed by atoms with Gasteiger partial charge in [-0.25, -0.2) is 0 Å². The van der Waals surface area contributed by atoms with Gasteiger partial charge in [0.05, 0.1) is 18.6 Å².